The monoisotopic (exact) mass is 257 g/mol. The molecule has 1 aliphatic heterocycles. The Morgan fingerprint density at radius 3 is 2.72 bits per heavy atom. The maximum Gasteiger partial charge on any atom is 0.239 e. The molecule has 3 N–H and O–H groups in total. The van der Waals surface area contributed by atoms with Gasteiger partial charge in [0.25, 0.3) is 0 Å². The molecule has 5 heteroatoms. The Kier molecular flexibility index (Phi) is 6.60. The molecule has 0 radical (unpaired) electrons. The number of carbonyl (C=O) groups is 1. The van der Waals surface area contributed by atoms with E-state index in [0.717, 1.165) is 52.1 Å². The van der Waals surface area contributed by atoms with Crippen molar-refractivity contribution in [1.82, 2.24) is 10.2 Å². The van der Waals surface area contributed by atoms with Gasteiger partial charge < -0.3 is 15.8 Å². The second kappa shape index (κ2) is 7.71. The van der Waals surface area contributed by atoms with E-state index in [-0.39, 0.29) is 5.91 Å². The summed E-state index contributed by atoms with van der Waals surface area (Å²) in [6.07, 6.45) is 2.62. The van der Waals surface area contributed by atoms with Crippen molar-refractivity contribution in [2.45, 2.75) is 38.6 Å². The molecule has 0 spiro atoms. The van der Waals surface area contributed by atoms with Crippen LogP contribution in [0.5, 0.6) is 0 Å². The summed E-state index contributed by atoms with van der Waals surface area (Å²) < 4.78 is 5.29. The van der Waals surface area contributed by atoms with Gasteiger partial charge in [-0.05, 0) is 26.3 Å². The van der Waals surface area contributed by atoms with Crippen molar-refractivity contribution in [3.63, 3.8) is 0 Å². The van der Waals surface area contributed by atoms with Crippen LogP contribution in [-0.2, 0) is 9.53 Å². The van der Waals surface area contributed by atoms with Crippen LogP contribution in [0.2, 0.25) is 0 Å². The summed E-state index contributed by atoms with van der Waals surface area (Å²) in [5.41, 5.74) is 5.23. The van der Waals surface area contributed by atoms with Crippen molar-refractivity contribution in [3.05, 3.63) is 0 Å². The van der Waals surface area contributed by atoms with E-state index in [0.29, 0.717) is 6.54 Å². The van der Waals surface area contributed by atoms with Crippen molar-refractivity contribution in [2.24, 2.45) is 5.73 Å². The number of nitrogens with zero attached hydrogens (tertiary/aromatic N) is 1. The molecular weight excluding hydrogens is 230 g/mol. The molecule has 1 atom stereocenters. The van der Waals surface area contributed by atoms with E-state index in [1.54, 1.807) is 6.92 Å². The minimum absolute atomic E-state index is 0.0358. The Morgan fingerprint density at radius 2 is 2.11 bits per heavy atom. The van der Waals surface area contributed by atoms with Gasteiger partial charge >= 0.3 is 0 Å². The van der Waals surface area contributed by atoms with Crippen molar-refractivity contribution >= 4 is 5.91 Å². The van der Waals surface area contributed by atoms with Gasteiger partial charge in [-0.25, -0.2) is 0 Å². The van der Waals surface area contributed by atoms with E-state index in [9.17, 15) is 4.79 Å². The predicted molar refractivity (Wildman–Crippen MR) is 72.4 cm³/mol. The van der Waals surface area contributed by atoms with Crippen LogP contribution in [0.15, 0.2) is 0 Å². The number of hydrogen-bond acceptors (Lipinski definition) is 4. The molecule has 0 aromatic heterocycles. The van der Waals surface area contributed by atoms with E-state index < -0.39 is 5.54 Å². The van der Waals surface area contributed by atoms with E-state index in [4.69, 9.17) is 10.5 Å². The summed E-state index contributed by atoms with van der Waals surface area (Å²) in [5.74, 6) is -0.0358. The fraction of sp³-hybridized carbons (Fsp3) is 0.923. The standard InChI is InChI=1S/C13H27N3O2/c1-3-5-13(2,14)12(17)15-6-4-7-16-8-10-18-11-9-16/h3-11,14H2,1-2H3,(H,15,17). The van der Waals surface area contributed by atoms with E-state index >= 15 is 0 Å². The van der Waals surface area contributed by atoms with Crippen molar-refractivity contribution < 1.29 is 9.53 Å². The lowest BCUT2D eigenvalue weighted by molar-refractivity contribution is -0.126. The van der Waals surface area contributed by atoms with Crippen molar-refractivity contribution in [2.75, 3.05) is 39.4 Å². The van der Waals surface area contributed by atoms with E-state index in [1.165, 1.54) is 0 Å². The highest BCUT2D eigenvalue weighted by Gasteiger charge is 2.26. The molecule has 106 valence electrons. The maximum absolute atomic E-state index is 11.8. The van der Waals surface area contributed by atoms with Crippen LogP contribution in [0.4, 0.5) is 0 Å². The third-order valence-electron chi connectivity index (χ3n) is 3.33. The lowest BCUT2D eigenvalue weighted by Crippen LogP contribution is -2.51. The molecule has 1 rings (SSSR count). The van der Waals surface area contributed by atoms with Gasteiger partial charge in [-0.15, -0.1) is 0 Å². The molecule has 0 saturated carbocycles. The van der Waals surface area contributed by atoms with Crippen molar-refractivity contribution in [3.8, 4) is 0 Å². The highest BCUT2D eigenvalue weighted by Crippen LogP contribution is 2.08. The molecule has 1 amide bonds. The molecule has 0 aromatic rings. The van der Waals surface area contributed by atoms with Gasteiger partial charge in [0.2, 0.25) is 5.91 Å². The smallest absolute Gasteiger partial charge is 0.239 e. The second-order valence-corrected chi connectivity index (χ2v) is 5.23. The Morgan fingerprint density at radius 1 is 1.44 bits per heavy atom. The number of nitrogens with two attached hydrogens (primary N) is 1. The Balaban J connectivity index is 2.11. The van der Waals surface area contributed by atoms with Crippen LogP contribution in [0, 0.1) is 0 Å². The number of morpholine rings is 1. The van der Waals surface area contributed by atoms with Gasteiger partial charge in [0.05, 0.1) is 18.8 Å². The van der Waals surface area contributed by atoms with Gasteiger partial charge in [0.15, 0.2) is 0 Å². The highest BCUT2D eigenvalue weighted by atomic mass is 16.5. The van der Waals surface area contributed by atoms with Gasteiger partial charge in [-0.2, -0.15) is 0 Å². The van der Waals surface area contributed by atoms with E-state index in [1.807, 2.05) is 6.92 Å². The number of rotatable bonds is 7. The maximum atomic E-state index is 11.8. The summed E-state index contributed by atoms with van der Waals surface area (Å²) in [4.78, 5) is 14.2. The van der Waals surface area contributed by atoms with Gasteiger partial charge in [0.1, 0.15) is 0 Å². The van der Waals surface area contributed by atoms with Crippen LogP contribution in [0.1, 0.15) is 33.1 Å². The zero-order valence-electron chi connectivity index (χ0n) is 11.7. The number of carbonyl (C=O) groups excluding carboxylic acids is 1. The first-order chi connectivity index (χ1) is 8.56. The Bertz CT molecular complexity index is 251. The topological polar surface area (TPSA) is 67.6 Å². The number of nitrogens with one attached hydrogen (secondary N) is 1. The van der Waals surface area contributed by atoms with Crippen molar-refractivity contribution in [1.29, 1.82) is 0 Å². The molecular formula is C13H27N3O2. The van der Waals surface area contributed by atoms with E-state index in [2.05, 4.69) is 10.2 Å². The zero-order valence-corrected chi connectivity index (χ0v) is 11.7. The van der Waals surface area contributed by atoms with Gasteiger partial charge in [-0.3, -0.25) is 9.69 Å². The average Bonchev–Trinajstić information content (AvgIpc) is 2.35. The van der Waals surface area contributed by atoms with Crippen LogP contribution in [-0.4, -0.2) is 55.7 Å². The summed E-state index contributed by atoms with van der Waals surface area (Å²) in [6.45, 7) is 9.19. The third kappa shape index (κ3) is 5.33. The first-order valence-electron chi connectivity index (χ1n) is 6.93. The summed E-state index contributed by atoms with van der Waals surface area (Å²) in [5, 5.41) is 2.93. The number of amides is 1. The first kappa shape index (κ1) is 15.4. The minimum Gasteiger partial charge on any atom is -0.379 e. The number of hydrogen-bond donors (Lipinski definition) is 2. The van der Waals surface area contributed by atoms with Crippen LogP contribution in [0.25, 0.3) is 0 Å². The van der Waals surface area contributed by atoms with Crippen LogP contribution < -0.4 is 11.1 Å². The molecule has 0 aliphatic carbocycles. The quantitative estimate of drug-likeness (QED) is 0.646. The molecule has 0 bridgehead atoms. The first-order valence-corrected chi connectivity index (χ1v) is 6.93. The molecule has 5 nitrogen and oxygen atoms in total. The normalized spacial score (nSPS) is 20.4. The molecule has 1 aliphatic rings. The highest BCUT2D eigenvalue weighted by molar-refractivity contribution is 5.85. The molecule has 0 aromatic carbocycles. The summed E-state index contributed by atoms with van der Waals surface area (Å²) >= 11 is 0. The average molecular weight is 257 g/mol. The predicted octanol–water partition coefficient (Wildman–Crippen LogP) is 0.342. The molecule has 1 heterocycles. The lowest BCUT2D eigenvalue weighted by Gasteiger charge is -2.27. The molecule has 18 heavy (non-hydrogen) atoms. The Labute approximate surface area is 110 Å². The summed E-state index contributed by atoms with van der Waals surface area (Å²) in [7, 11) is 0. The fourth-order valence-electron chi connectivity index (χ4n) is 2.16. The number of ether oxygens (including phenoxy) is 1. The summed E-state index contributed by atoms with van der Waals surface area (Å²) in [6, 6.07) is 0. The lowest BCUT2D eigenvalue weighted by atomic mass is 9.96. The SMILES string of the molecule is CCCC(C)(N)C(=O)NCCCN1CCOCC1. The minimum atomic E-state index is -0.728. The van der Waals surface area contributed by atoms with Gasteiger partial charge in [0, 0.05) is 19.6 Å². The third-order valence-corrected chi connectivity index (χ3v) is 3.33. The largest absolute Gasteiger partial charge is 0.379 e. The second-order valence-electron chi connectivity index (χ2n) is 5.23. The van der Waals surface area contributed by atoms with Crippen LogP contribution in [0.3, 0.4) is 0 Å². The van der Waals surface area contributed by atoms with Gasteiger partial charge in [-0.1, -0.05) is 13.3 Å². The molecule has 1 fully saturated rings. The Hall–Kier alpha value is -0.650. The molecule has 1 unspecified atom stereocenters. The fourth-order valence-corrected chi connectivity index (χ4v) is 2.16. The zero-order chi connectivity index (χ0) is 13.4. The van der Waals surface area contributed by atoms with Crippen LogP contribution >= 0.6 is 0 Å². The molecule has 1 saturated heterocycles.